The summed E-state index contributed by atoms with van der Waals surface area (Å²) in [6.07, 6.45) is 0.944. The molecule has 0 radical (unpaired) electrons. The molecule has 3 heterocycles. The maximum atomic E-state index is 13.1. The van der Waals surface area contributed by atoms with Crippen molar-refractivity contribution in [2.45, 2.75) is 58.4 Å². The fraction of sp³-hybridized carbons (Fsp3) is 0.500. The summed E-state index contributed by atoms with van der Waals surface area (Å²) in [6, 6.07) is 8.32. The Morgan fingerprint density at radius 1 is 1.17 bits per heavy atom. The van der Waals surface area contributed by atoms with Crippen LogP contribution in [0.4, 0.5) is 8.78 Å². The van der Waals surface area contributed by atoms with Gasteiger partial charge in [-0.05, 0) is 74.0 Å². The molecule has 1 saturated heterocycles. The standard InChI is InChI=1S/C28H36F2N4O2/c1-17(2)26-22-13-20(19-8-10-33(11-9-19)16-25(35)32(4)5)6-7-23(22)31-27(26)21-12-18(3)28(36)34(14-21)15-24(29)30/h6-7,12-14,17,19,24,31H,8-11,15-16H2,1-5H3. The summed E-state index contributed by atoms with van der Waals surface area (Å²) < 4.78 is 27.3. The van der Waals surface area contributed by atoms with Crippen molar-refractivity contribution in [1.82, 2.24) is 19.4 Å². The molecule has 0 aliphatic carbocycles. The van der Waals surface area contributed by atoms with E-state index >= 15 is 0 Å². The fourth-order valence-corrected chi connectivity index (χ4v) is 5.28. The fourth-order valence-electron chi connectivity index (χ4n) is 5.28. The molecule has 3 aromatic rings. The van der Waals surface area contributed by atoms with Crippen molar-refractivity contribution < 1.29 is 13.6 Å². The number of piperidine rings is 1. The number of carbonyl (C=O) groups is 1. The summed E-state index contributed by atoms with van der Waals surface area (Å²) in [5, 5.41) is 1.13. The van der Waals surface area contributed by atoms with E-state index in [4.69, 9.17) is 0 Å². The first kappa shape index (κ1) is 26.1. The van der Waals surface area contributed by atoms with Gasteiger partial charge in [0.1, 0.15) is 0 Å². The van der Waals surface area contributed by atoms with Crippen LogP contribution < -0.4 is 5.56 Å². The van der Waals surface area contributed by atoms with Crippen molar-refractivity contribution >= 4 is 16.8 Å². The van der Waals surface area contributed by atoms with Crippen molar-refractivity contribution in [3.8, 4) is 11.3 Å². The molecule has 0 unspecified atom stereocenters. The van der Waals surface area contributed by atoms with Crippen LogP contribution in [0.15, 0.2) is 35.3 Å². The number of aryl methyl sites for hydroxylation is 1. The molecule has 1 amide bonds. The predicted octanol–water partition coefficient (Wildman–Crippen LogP) is 4.96. The number of likely N-dealkylation sites (tertiary alicyclic amines) is 1. The Bertz CT molecular complexity index is 1300. The first-order valence-electron chi connectivity index (χ1n) is 12.6. The largest absolute Gasteiger partial charge is 0.354 e. The number of nitrogens with zero attached hydrogens (tertiary/aromatic N) is 3. The number of amides is 1. The van der Waals surface area contributed by atoms with Crippen molar-refractivity contribution in [2.75, 3.05) is 33.7 Å². The molecule has 1 aliphatic heterocycles. The SMILES string of the molecule is Cc1cc(-c2[nH]c3ccc(C4CCN(CC(=O)N(C)C)CC4)cc3c2C(C)C)cn(CC(F)F)c1=O. The van der Waals surface area contributed by atoms with Crippen LogP contribution in [0.2, 0.25) is 0 Å². The molecule has 0 spiro atoms. The number of alkyl halides is 2. The van der Waals surface area contributed by atoms with Gasteiger partial charge in [-0.3, -0.25) is 14.5 Å². The van der Waals surface area contributed by atoms with E-state index < -0.39 is 13.0 Å². The van der Waals surface area contributed by atoms with E-state index in [1.807, 2.05) is 0 Å². The number of nitrogens with one attached hydrogen (secondary N) is 1. The van der Waals surface area contributed by atoms with Crippen LogP contribution in [0.3, 0.4) is 0 Å². The van der Waals surface area contributed by atoms with Crippen LogP contribution in [0.5, 0.6) is 0 Å². The van der Waals surface area contributed by atoms with Gasteiger partial charge in [0.25, 0.3) is 12.0 Å². The molecular weight excluding hydrogens is 462 g/mol. The van der Waals surface area contributed by atoms with Crippen molar-refractivity contribution in [1.29, 1.82) is 0 Å². The molecular formula is C28H36F2N4O2. The highest BCUT2D eigenvalue weighted by Crippen LogP contribution is 2.38. The lowest BCUT2D eigenvalue weighted by Crippen LogP contribution is -2.40. The first-order valence-corrected chi connectivity index (χ1v) is 12.6. The van der Waals surface area contributed by atoms with E-state index in [-0.39, 0.29) is 17.4 Å². The Hall–Kier alpha value is -3.00. The number of benzene rings is 1. The summed E-state index contributed by atoms with van der Waals surface area (Å²) >= 11 is 0. The third-order valence-electron chi connectivity index (χ3n) is 7.25. The van der Waals surface area contributed by atoms with E-state index in [0.717, 1.165) is 58.2 Å². The third-order valence-corrected chi connectivity index (χ3v) is 7.25. The Labute approximate surface area is 210 Å². The number of rotatable bonds is 7. The summed E-state index contributed by atoms with van der Waals surface area (Å²) in [6.45, 7) is 7.55. The third kappa shape index (κ3) is 5.38. The smallest absolute Gasteiger partial charge is 0.256 e. The number of halogens is 2. The number of hydrogen-bond acceptors (Lipinski definition) is 3. The molecule has 2 aromatic heterocycles. The normalized spacial score (nSPS) is 15.4. The zero-order valence-electron chi connectivity index (χ0n) is 21.8. The topological polar surface area (TPSA) is 61.3 Å². The van der Waals surface area contributed by atoms with Gasteiger partial charge in [-0.15, -0.1) is 0 Å². The molecule has 0 bridgehead atoms. The number of aromatic nitrogens is 2. The lowest BCUT2D eigenvalue weighted by molar-refractivity contribution is -0.130. The van der Waals surface area contributed by atoms with Gasteiger partial charge in [0.05, 0.1) is 18.8 Å². The molecule has 194 valence electrons. The van der Waals surface area contributed by atoms with Crippen molar-refractivity contribution in [3.05, 3.63) is 57.5 Å². The van der Waals surface area contributed by atoms with E-state index in [2.05, 4.69) is 41.9 Å². The first-order chi connectivity index (χ1) is 17.0. The molecule has 1 fully saturated rings. The van der Waals surface area contributed by atoms with E-state index in [9.17, 15) is 18.4 Å². The van der Waals surface area contributed by atoms with Crippen molar-refractivity contribution in [2.24, 2.45) is 0 Å². The predicted molar refractivity (Wildman–Crippen MR) is 140 cm³/mol. The zero-order chi connectivity index (χ0) is 26.1. The highest BCUT2D eigenvalue weighted by molar-refractivity contribution is 5.92. The molecule has 1 aromatic carbocycles. The van der Waals surface area contributed by atoms with Crippen LogP contribution in [0.25, 0.3) is 22.2 Å². The Morgan fingerprint density at radius 2 is 1.86 bits per heavy atom. The summed E-state index contributed by atoms with van der Waals surface area (Å²) in [7, 11) is 3.58. The van der Waals surface area contributed by atoms with Gasteiger partial charge in [-0.25, -0.2) is 8.78 Å². The minimum Gasteiger partial charge on any atom is -0.354 e. The summed E-state index contributed by atoms with van der Waals surface area (Å²) in [5.74, 6) is 0.749. The second-order valence-electron chi connectivity index (χ2n) is 10.5. The second-order valence-corrected chi connectivity index (χ2v) is 10.5. The number of carbonyl (C=O) groups excluding carboxylic acids is 1. The number of likely N-dealkylation sites (N-methyl/N-ethyl adjacent to an activating group) is 1. The maximum absolute atomic E-state index is 13.1. The number of hydrogen-bond donors (Lipinski definition) is 1. The maximum Gasteiger partial charge on any atom is 0.256 e. The molecule has 1 N–H and O–H groups in total. The highest BCUT2D eigenvalue weighted by atomic mass is 19.3. The molecule has 1 aliphatic rings. The number of pyridine rings is 1. The van der Waals surface area contributed by atoms with Crippen LogP contribution in [0.1, 0.15) is 55.2 Å². The Kier molecular flexibility index (Phi) is 7.64. The number of aromatic amines is 1. The molecule has 0 atom stereocenters. The average molecular weight is 499 g/mol. The minimum absolute atomic E-state index is 0.131. The zero-order valence-corrected chi connectivity index (χ0v) is 21.8. The molecule has 0 saturated carbocycles. The second kappa shape index (κ2) is 10.5. The van der Waals surface area contributed by atoms with Crippen LogP contribution in [-0.2, 0) is 11.3 Å². The molecule has 36 heavy (non-hydrogen) atoms. The Balaban J connectivity index is 1.66. The molecule has 8 heteroatoms. The molecule has 4 rings (SSSR count). The van der Waals surface area contributed by atoms with Gasteiger partial charge in [-0.2, -0.15) is 0 Å². The van der Waals surface area contributed by atoms with Gasteiger partial charge in [0, 0.05) is 42.3 Å². The quantitative estimate of drug-likeness (QED) is 0.501. The van der Waals surface area contributed by atoms with Gasteiger partial charge in [-0.1, -0.05) is 19.9 Å². The number of H-pyrrole nitrogens is 1. The summed E-state index contributed by atoms with van der Waals surface area (Å²) in [5.41, 5.74) is 5.09. The van der Waals surface area contributed by atoms with E-state index in [1.54, 1.807) is 38.2 Å². The van der Waals surface area contributed by atoms with Crippen LogP contribution in [0, 0.1) is 6.92 Å². The van der Waals surface area contributed by atoms with E-state index in [1.165, 1.54) is 5.56 Å². The van der Waals surface area contributed by atoms with E-state index in [0.29, 0.717) is 18.0 Å². The molecule has 6 nitrogen and oxygen atoms in total. The lowest BCUT2D eigenvalue weighted by atomic mass is 9.87. The monoisotopic (exact) mass is 498 g/mol. The van der Waals surface area contributed by atoms with Gasteiger partial charge in [0.15, 0.2) is 0 Å². The van der Waals surface area contributed by atoms with Gasteiger partial charge in [0.2, 0.25) is 5.91 Å². The highest BCUT2D eigenvalue weighted by Gasteiger charge is 2.24. The van der Waals surface area contributed by atoms with Gasteiger partial charge < -0.3 is 14.5 Å². The number of fused-ring (bicyclic) bond motifs is 1. The summed E-state index contributed by atoms with van der Waals surface area (Å²) in [4.78, 5) is 31.8. The average Bonchev–Trinajstić information content (AvgIpc) is 3.21. The van der Waals surface area contributed by atoms with Gasteiger partial charge >= 0.3 is 0 Å². The minimum atomic E-state index is -2.60. The van der Waals surface area contributed by atoms with Crippen LogP contribution in [-0.4, -0.2) is 65.4 Å². The van der Waals surface area contributed by atoms with Crippen molar-refractivity contribution in [3.63, 3.8) is 0 Å². The lowest BCUT2D eigenvalue weighted by Gasteiger charge is -2.32. The Morgan fingerprint density at radius 3 is 2.47 bits per heavy atom. The van der Waals surface area contributed by atoms with Crippen LogP contribution >= 0.6 is 0 Å².